The molecule has 0 aromatic heterocycles. The van der Waals surface area contributed by atoms with Crippen molar-refractivity contribution in [3.8, 4) is 0 Å². The molecule has 0 amide bonds. The molecule has 0 aliphatic carbocycles. The van der Waals surface area contributed by atoms with Crippen molar-refractivity contribution in [3.63, 3.8) is 0 Å². The van der Waals surface area contributed by atoms with Gasteiger partial charge in [-0.2, -0.15) is 0 Å². The molecule has 0 atom stereocenters. The highest BCUT2D eigenvalue weighted by Crippen LogP contribution is 1.87. The average Bonchev–Trinajstić information content (AvgIpc) is 2.48. The number of hydrogen-bond donors (Lipinski definition) is 0. The van der Waals surface area contributed by atoms with Crippen LogP contribution in [0, 0.1) is 0 Å². The SMILES string of the molecule is C=C(C)C(=O)OC.C=CCOC(=O)C=CC(=O)OCC=C. The van der Waals surface area contributed by atoms with Gasteiger partial charge in [0.05, 0.1) is 7.11 Å². The summed E-state index contributed by atoms with van der Waals surface area (Å²) in [5.41, 5.74) is 0.433. The molecule has 0 unspecified atom stereocenters. The summed E-state index contributed by atoms with van der Waals surface area (Å²) in [5, 5.41) is 0. The molecule has 0 radical (unpaired) electrons. The minimum atomic E-state index is -0.611. The van der Waals surface area contributed by atoms with Gasteiger partial charge in [0, 0.05) is 17.7 Å². The number of hydrogen-bond acceptors (Lipinski definition) is 6. The summed E-state index contributed by atoms with van der Waals surface area (Å²) >= 11 is 0. The fraction of sp³-hybridized carbons (Fsp3) is 0.267. The molecule has 21 heavy (non-hydrogen) atoms. The van der Waals surface area contributed by atoms with Crippen molar-refractivity contribution in [2.24, 2.45) is 0 Å². The molecule has 6 nitrogen and oxygen atoms in total. The molecule has 0 saturated carbocycles. The average molecular weight is 296 g/mol. The van der Waals surface area contributed by atoms with Crippen molar-refractivity contribution in [2.45, 2.75) is 6.92 Å². The Hall–Kier alpha value is -2.63. The predicted molar refractivity (Wildman–Crippen MR) is 78.3 cm³/mol. The summed E-state index contributed by atoms with van der Waals surface area (Å²) in [6.07, 6.45) is 4.85. The van der Waals surface area contributed by atoms with Crippen molar-refractivity contribution in [1.29, 1.82) is 0 Å². The summed E-state index contributed by atoms with van der Waals surface area (Å²) in [6, 6.07) is 0. The summed E-state index contributed by atoms with van der Waals surface area (Å²) in [6.45, 7) is 11.9. The molecular weight excluding hydrogens is 276 g/mol. The van der Waals surface area contributed by atoms with Gasteiger partial charge >= 0.3 is 17.9 Å². The van der Waals surface area contributed by atoms with Crippen LogP contribution in [0.5, 0.6) is 0 Å². The molecule has 0 aliphatic rings. The minimum Gasteiger partial charge on any atom is -0.466 e. The topological polar surface area (TPSA) is 78.9 Å². The smallest absolute Gasteiger partial charge is 0.332 e. The molecule has 0 rings (SSSR count). The zero-order valence-corrected chi connectivity index (χ0v) is 12.3. The van der Waals surface area contributed by atoms with Crippen molar-refractivity contribution < 1.29 is 28.6 Å². The molecule has 0 bridgehead atoms. The maximum absolute atomic E-state index is 10.8. The molecule has 0 aromatic rings. The van der Waals surface area contributed by atoms with Crippen LogP contribution in [0.1, 0.15) is 6.92 Å². The lowest BCUT2D eigenvalue weighted by atomic mass is 10.4. The summed E-state index contributed by atoms with van der Waals surface area (Å²) in [4.78, 5) is 31.8. The van der Waals surface area contributed by atoms with Crippen LogP contribution in [0.15, 0.2) is 49.6 Å². The second kappa shape index (κ2) is 13.8. The van der Waals surface area contributed by atoms with E-state index in [2.05, 4.69) is 33.9 Å². The van der Waals surface area contributed by atoms with E-state index < -0.39 is 11.9 Å². The summed E-state index contributed by atoms with van der Waals surface area (Å²) in [5.74, 6) is -1.57. The van der Waals surface area contributed by atoms with Gasteiger partial charge in [0.15, 0.2) is 0 Å². The van der Waals surface area contributed by atoms with E-state index in [4.69, 9.17) is 0 Å². The molecule has 0 heterocycles. The van der Waals surface area contributed by atoms with Gasteiger partial charge in [-0.25, -0.2) is 14.4 Å². The Morgan fingerprint density at radius 2 is 1.33 bits per heavy atom. The first-order valence-electron chi connectivity index (χ1n) is 5.86. The van der Waals surface area contributed by atoms with Crippen LogP contribution in [-0.4, -0.2) is 38.2 Å². The number of carbonyl (C=O) groups is 3. The molecule has 0 saturated heterocycles. The maximum atomic E-state index is 10.8. The van der Waals surface area contributed by atoms with Gasteiger partial charge in [0.25, 0.3) is 0 Å². The molecule has 0 N–H and O–H groups in total. The summed E-state index contributed by atoms with van der Waals surface area (Å²) in [7, 11) is 1.33. The van der Waals surface area contributed by atoms with Gasteiger partial charge in [-0.3, -0.25) is 0 Å². The number of esters is 3. The van der Waals surface area contributed by atoms with E-state index in [0.717, 1.165) is 12.2 Å². The Balaban J connectivity index is 0. The fourth-order valence-electron chi connectivity index (χ4n) is 0.689. The maximum Gasteiger partial charge on any atom is 0.332 e. The van der Waals surface area contributed by atoms with Gasteiger partial charge < -0.3 is 14.2 Å². The highest BCUT2D eigenvalue weighted by molar-refractivity contribution is 5.91. The second-order valence-corrected chi connectivity index (χ2v) is 3.44. The third kappa shape index (κ3) is 15.3. The largest absolute Gasteiger partial charge is 0.466 e. The Labute approximate surface area is 124 Å². The zero-order chi connectivity index (χ0) is 16.7. The van der Waals surface area contributed by atoms with Crippen molar-refractivity contribution in [3.05, 3.63) is 49.6 Å². The van der Waals surface area contributed by atoms with Crippen LogP contribution in [0.4, 0.5) is 0 Å². The highest BCUT2D eigenvalue weighted by Gasteiger charge is 1.98. The van der Waals surface area contributed by atoms with E-state index in [-0.39, 0.29) is 19.2 Å². The third-order valence-electron chi connectivity index (χ3n) is 1.58. The lowest BCUT2D eigenvalue weighted by Gasteiger charge is -1.96. The molecular formula is C15H20O6. The number of ether oxygens (including phenoxy) is 3. The summed E-state index contributed by atoms with van der Waals surface area (Å²) < 4.78 is 13.4. The van der Waals surface area contributed by atoms with Crippen LogP contribution in [0.3, 0.4) is 0 Å². The van der Waals surface area contributed by atoms with Gasteiger partial charge in [0.2, 0.25) is 0 Å². The van der Waals surface area contributed by atoms with Gasteiger partial charge in [-0.15, -0.1) is 0 Å². The van der Waals surface area contributed by atoms with E-state index in [9.17, 15) is 14.4 Å². The first-order valence-corrected chi connectivity index (χ1v) is 5.86. The zero-order valence-electron chi connectivity index (χ0n) is 12.3. The van der Waals surface area contributed by atoms with Crippen molar-refractivity contribution in [2.75, 3.05) is 20.3 Å². The lowest BCUT2D eigenvalue weighted by Crippen LogP contribution is -2.04. The molecule has 0 spiro atoms. The molecule has 116 valence electrons. The van der Waals surface area contributed by atoms with Gasteiger partial charge in [-0.1, -0.05) is 31.9 Å². The molecule has 6 heteroatoms. The molecule has 0 aliphatic heterocycles. The number of rotatable bonds is 7. The Morgan fingerprint density at radius 3 is 1.52 bits per heavy atom. The first kappa shape index (κ1) is 20.7. The van der Waals surface area contributed by atoms with Crippen LogP contribution in [-0.2, 0) is 28.6 Å². The fourth-order valence-corrected chi connectivity index (χ4v) is 0.689. The standard InChI is InChI=1S/C10H12O4.C5H8O2/c1-3-7-13-9(11)5-6-10(12)14-8-4-2;1-4(2)5(6)7-3/h3-6H,1-2,7-8H2;1H2,2-3H3. The monoisotopic (exact) mass is 296 g/mol. The Morgan fingerprint density at radius 1 is 0.952 bits per heavy atom. The van der Waals surface area contributed by atoms with Crippen LogP contribution < -0.4 is 0 Å². The first-order chi connectivity index (χ1) is 9.88. The molecule has 0 aromatic carbocycles. The van der Waals surface area contributed by atoms with Crippen LogP contribution in [0.25, 0.3) is 0 Å². The normalized spacial score (nSPS) is 8.86. The van der Waals surface area contributed by atoms with Gasteiger partial charge in [0.1, 0.15) is 13.2 Å². The van der Waals surface area contributed by atoms with Crippen molar-refractivity contribution in [1.82, 2.24) is 0 Å². The lowest BCUT2D eigenvalue weighted by molar-refractivity contribution is -0.139. The van der Waals surface area contributed by atoms with Crippen molar-refractivity contribution >= 4 is 17.9 Å². The predicted octanol–water partition coefficient (Wildman–Crippen LogP) is 1.74. The van der Waals surface area contributed by atoms with E-state index in [1.807, 2.05) is 0 Å². The Kier molecular flexibility index (Phi) is 13.6. The third-order valence-corrected chi connectivity index (χ3v) is 1.58. The van der Waals surface area contributed by atoms with Crippen LogP contribution in [0.2, 0.25) is 0 Å². The quantitative estimate of drug-likeness (QED) is 0.308. The molecule has 0 fully saturated rings. The van der Waals surface area contributed by atoms with E-state index in [0.29, 0.717) is 5.57 Å². The van der Waals surface area contributed by atoms with E-state index in [1.165, 1.54) is 19.3 Å². The Bertz CT molecular complexity index is 394. The van der Waals surface area contributed by atoms with Gasteiger partial charge in [-0.05, 0) is 6.92 Å². The van der Waals surface area contributed by atoms with Crippen LogP contribution >= 0.6 is 0 Å². The van der Waals surface area contributed by atoms with E-state index in [1.54, 1.807) is 6.92 Å². The number of carbonyl (C=O) groups excluding carboxylic acids is 3. The number of methoxy groups -OCH3 is 1. The second-order valence-electron chi connectivity index (χ2n) is 3.44. The minimum absolute atomic E-state index is 0.116. The van der Waals surface area contributed by atoms with E-state index >= 15 is 0 Å². The highest BCUT2D eigenvalue weighted by atomic mass is 16.5.